The van der Waals surface area contributed by atoms with Crippen LogP contribution in [0.4, 0.5) is 45.5 Å². The van der Waals surface area contributed by atoms with Gasteiger partial charge >= 0.3 is 6.85 Å². The van der Waals surface area contributed by atoms with Gasteiger partial charge in [-0.2, -0.15) is 0 Å². The van der Waals surface area contributed by atoms with Crippen molar-refractivity contribution in [2.45, 2.75) is 77.6 Å². The molecule has 3 aliphatic rings. The third kappa shape index (κ3) is 8.05. The minimum absolute atomic E-state index is 0.00263. The molecular formula is C78H64BN3S2. The molecule has 406 valence electrons. The molecule has 0 radical (unpaired) electrons. The summed E-state index contributed by atoms with van der Waals surface area (Å²) in [5.41, 5.74) is 22.2. The zero-order valence-corrected chi connectivity index (χ0v) is 50.3. The summed E-state index contributed by atoms with van der Waals surface area (Å²) in [6.07, 6.45) is 2.29. The Bertz CT molecular complexity index is 4730. The third-order valence-corrected chi connectivity index (χ3v) is 21.1. The Kier molecular flexibility index (Phi) is 11.5. The fraction of sp³-hybridized carbons (Fsp3) is 0.154. The van der Waals surface area contributed by atoms with Crippen LogP contribution in [0.3, 0.4) is 0 Å². The van der Waals surface area contributed by atoms with E-state index in [-0.39, 0.29) is 23.1 Å². The van der Waals surface area contributed by atoms with Crippen LogP contribution in [0.1, 0.15) is 78.0 Å². The monoisotopic (exact) mass is 1120 g/mol. The number of para-hydroxylation sites is 2. The molecule has 0 saturated carbocycles. The standard InChI is InChI=1S/C78H64BN3S2/c1-76(2,3)54-34-37-67(59(42-54)51-24-14-9-15-25-51)81-69-44-58(80(55-28-16-10-17-29-55)56-30-18-11-19-31-56)43-63-60-47-71-62(61-40-52-26-20-21-27-53(52)41-70(61)83-71)46-68(60)82(57-35-32-50(33-36-57)49-22-12-8-13-23-49)79(73(63)69)75-74(81)64-45-65-66(48-72(64)84-75)78(6,7)39-38-77(65,4)5/h8-37,40-48H,38-39H2,1-7H3. The molecule has 0 fully saturated rings. The van der Waals surface area contributed by atoms with E-state index in [0.29, 0.717) is 0 Å². The van der Waals surface area contributed by atoms with Gasteiger partial charge < -0.3 is 14.6 Å². The smallest absolute Gasteiger partial charge is 0.343 e. The molecule has 13 aromatic rings. The maximum absolute atomic E-state index is 2.74. The van der Waals surface area contributed by atoms with Gasteiger partial charge in [0.1, 0.15) is 0 Å². The first-order chi connectivity index (χ1) is 40.8. The van der Waals surface area contributed by atoms with Crippen LogP contribution in [0.5, 0.6) is 0 Å². The predicted molar refractivity (Wildman–Crippen MR) is 365 cm³/mol. The minimum atomic E-state index is -0.195. The highest BCUT2D eigenvalue weighted by Gasteiger charge is 2.49. The zero-order valence-electron chi connectivity index (χ0n) is 48.7. The van der Waals surface area contributed by atoms with Crippen molar-refractivity contribution in [1.82, 2.24) is 0 Å². The summed E-state index contributed by atoms with van der Waals surface area (Å²) in [7, 11) is 0. The van der Waals surface area contributed by atoms with Crippen molar-refractivity contribution >= 4 is 126 Å². The number of anilines is 8. The van der Waals surface area contributed by atoms with E-state index in [1.807, 2.05) is 22.7 Å². The van der Waals surface area contributed by atoms with Gasteiger partial charge in [0.05, 0.1) is 11.4 Å². The van der Waals surface area contributed by atoms with E-state index < -0.39 is 0 Å². The molecule has 11 aromatic carbocycles. The molecule has 2 aliphatic heterocycles. The summed E-state index contributed by atoms with van der Waals surface area (Å²) < 4.78 is 5.28. The summed E-state index contributed by atoms with van der Waals surface area (Å²) >= 11 is 3.93. The Morgan fingerprint density at radius 2 is 0.988 bits per heavy atom. The summed E-state index contributed by atoms with van der Waals surface area (Å²) in [4.78, 5) is 7.95. The average Bonchev–Trinajstić information content (AvgIpc) is 1.46. The number of fused-ring (bicyclic) bond motifs is 11. The van der Waals surface area contributed by atoms with Crippen molar-refractivity contribution in [2.24, 2.45) is 0 Å². The van der Waals surface area contributed by atoms with Gasteiger partial charge in [-0.3, -0.25) is 0 Å². The second-order valence-electron chi connectivity index (χ2n) is 25.9. The molecule has 0 amide bonds. The SMILES string of the molecule is CC(C)(C)c1ccc(N2c3cc(N(c4ccccc4)c4ccccc4)cc4c3B(c3sc5cc6c(cc5c32)C(C)(C)CCC6(C)C)N(c2ccc(-c3ccccc3)cc2)c2cc3c(cc2-4)sc2cc4ccccc4cc23)c(-c2ccccc2)c1. The fourth-order valence-corrected chi connectivity index (χ4v) is 16.7. The normalized spacial score (nSPS) is 14.9. The molecular weight excluding hydrogens is 1050 g/mol. The lowest BCUT2D eigenvalue weighted by Crippen LogP contribution is -2.60. The van der Waals surface area contributed by atoms with Gasteiger partial charge in [-0.25, -0.2) is 0 Å². The largest absolute Gasteiger partial charge is 0.376 e. The molecule has 0 bridgehead atoms. The van der Waals surface area contributed by atoms with Crippen molar-refractivity contribution in [3.05, 3.63) is 253 Å². The molecule has 0 saturated heterocycles. The van der Waals surface area contributed by atoms with Crippen LogP contribution in [-0.4, -0.2) is 6.85 Å². The highest BCUT2D eigenvalue weighted by atomic mass is 32.1. The van der Waals surface area contributed by atoms with Gasteiger partial charge in [-0.1, -0.05) is 188 Å². The van der Waals surface area contributed by atoms with Gasteiger partial charge in [0.15, 0.2) is 0 Å². The lowest BCUT2D eigenvalue weighted by molar-refractivity contribution is 0.332. The number of hydrogen-bond acceptors (Lipinski definition) is 5. The third-order valence-electron chi connectivity index (χ3n) is 18.8. The summed E-state index contributed by atoms with van der Waals surface area (Å²) in [6.45, 7) is 16.7. The van der Waals surface area contributed by atoms with E-state index in [1.54, 1.807) is 0 Å². The van der Waals surface area contributed by atoms with Crippen molar-refractivity contribution in [2.75, 3.05) is 14.6 Å². The molecule has 84 heavy (non-hydrogen) atoms. The molecule has 0 N–H and O–H groups in total. The predicted octanol–water partition coefficient (Wildman–Crippen LogP) is 21.6. The van der Waals surface area contributed by atoms with E-state index in [4.69, 9.17) is 0 Å². The number of hydrogen-bond donors (Lipinski definition) is 0. The Morgan fingerprint density at radius 3 is 1.64 bits per heavy atom. The molecule has 0 atom stereocenters. The lowest BCUT2D eigenvalue weighted by Gasteiger charge is -2.46. The van der Waals surface area contributed by atoms with Crippen molar-refractivity contribution < 1.29 is 0 Å². The van der Waals surface area contributed by atoms with Crippen LogP contribution in [0.15, 0.2) is 237 Å². The first-order valence-corrected chi connectivity index (χ1v) is 31.4. The van der Waals surface area contributed by atoms with E-state index in [0.717, 1.165) is 29.9 Å². The van der Waals surface area contributed by atoms with Crippen LogP contribution in [-0.2, 0) is 16.2 Å². The van der Waals surface area contributed by atoms with Gasteiger partial charge in [-0.05, 0) is 181 Å². The molecule has 0 spiro atoms. The van der Waals surface area contributed by atoms with Crippen molar-refractivity contribution in [3.63, 3.8) is 0 Å². The van der Waals surface area contributed by atoms with Gasteiger partial charge in [0.2, 0.25) is 0 Å². The van der Waals surface area contributed by atoms with E-state index in [9.17, 15) is 0 Å². The molecule has 3 nitrogen and oxygen atoms in total. The number of thiophene rings is 2. The molecule has 0 unspecified atom stereocenters. The average molecular weight is 1120 g/mol. The van der Waals surface area contributed by atoms with Crippen LogP contribution >= 0.6 is 22.7 Å². The van der Waals surface area contributed by atoms with Gasteiger partial charge in [0.25, 0.3) is 0 Å². The number of rotatable bonds is 7. The van der Waals surface area contributed by atoms with Crippen LogP contribution in [0.25, 0.3) is 74.4 Å². The molecule has 4 heterocycles. The van der Waals surface area contributed by atoms with Gasteiger partial charge in [0, 0.05) is 80.3 Å². The topological polar surface area (TPSA) is 9.72 Å². The van der Waals surface area contributed by atoms with E-state index in [1.165, 1.54) is 130 Å². The molecule has 6 heteroatoms. The van der Waals surface area contributed by atoms with E-state index in [2.05, 4.69) is 300 Å². The quantitative estimate of drug-likeness (QED) is 0.147. The molecule has 2 aromatic heterocycles. The Morgan fingerprint density at radius 1 is 0.429 bits per heavy atom. The molecule has 1 aliphatic carbocycles. The van der Waals surface area contributed by atoms with Crippen LogP contribution < -0.4 is 24.9 Å². The zero-order chi connectivity index (χ0) is 56.8. The second kappa shape index (κ2) is 18.9. The van der Waals surface area contributed by atoms with Crippen LogP contribution in [0, 0.1) is 0 Å². The summed E-state index contributed by atoms with van der Waals surface area (Å²) in [5.74, 6) is 0. The van der Waals surface area contributed by atoms with Gasteiger partial charge in [-0.15, -0.1) is 22.7 Å². The van der Waals surface area contributed by atoms with Crippen molar-refractivity contribution in [3.8, 4) is 33.4 Å². The number of nitrogens with zero attached hydrogens (tertiary/aromatic N) is 3. The number of benzene rings is 11. The minimum Gasteiger partial charge on any atom is -0.376 e. The van der Waals surface area contributed by atoms with Crippen molar-refractivity contribution in [1.29, 1.82) is 0 Å². The second-order valence-corrected chi connectivity index (χ2v) is 28.1. The van der Waals surface area contributed by atoms with E-state index >= 15 is 0 Å². The molecule has 16 rings (SSSR count). The maximum Gasteiger partial charge on any atom is 0.343 e. The Balaban J connectivity index is 1.08. The Labute approximate surface area is 501 Å². The maximum atomic E-state index is 2.74. The Hall–Kier alpha value is -8.68. The fourth-order valence-electron chi connectivity index (χ4n) is 14.2. The summed E-state index contributed by atoms with van der Waals surface area (Å²) in [5, 5.41) is 6.44. The first kappa shape index (κ1) is 51.0. The first-order valence-electron chi connectivity index (χ1n) is 29.8. The van der Waals surface area contributed by atoms with Crippen LogP contribution in [0.2, 0.25) is 0 Å². The highest BCUT2D eigenvalue weighted by molar-refractivity contribution is 7.32. The lowest BCUT2D eigenvalue weighted by atomic mass is 9.46. The summed E-state index contributed by atoms with van der Waals surface area (Å²) in [6, 6.07) is 89.9. The highest BCUT2D eigenvalue weighted by Crippen LogP contribution is 2.57.